The number of imide groups is 1. The third-order valence-electron chi connectivity index (χ3n) is 5.84. The maximum Gasteiger partial charge on any atom is 0.342 e. The van der Waals surface area contributed by atoms with Crippen molar-refractivity contribution in [1.82, 2.24) is 0 Å². The molecule has 0 aliphatic carbocycles. The number of methoxy groups -OCH3 is 1. The van der Waals surface area contributed by atoms with Crippen LogP contribution in [0, 0.1) is 0 Å². The van der Waals surface area contributed by atoms with Crippen LogP contribution in [-0.4, -0.2) is 38.5 Å². The number of carbonyl (C=O) groups excluding carboxylic acids is 3. The average molecular weight is 428 g/mol. The van der Waals surface area contributed by atoms with Crippen LogP contribution in [0.2, 0.25) is 0 Å². The van der Waals surface area contributed by atoms with E-state index < -0.39 is 17.8 Å². The fourth-order valence-electron chi connectivity index (χ4n) is 4.41. The Labute approximate surface area is 184 Å². The lowest BCUT2D eigenvalue weighted by Gasteiger charge is -2.25. The van der Waals surface area contributed by atoms with E-state index in [0.29, 0.717) is 35.7 Å². The van der Waals surface area contributed by atoms with Gasteiger partial charge in [-0.05, 0) is 24.3 Å². The topological polar surface area (TPSA) is 76.2 Å². The zero-order valence-electron chi connectivity index (χ0n) is 17.6. The predicted molar refractivity (Wildman–Crippen MR) is 119 cm³/mol. The van der Waals surface area contributed by atoms with Gasteiger partial charge in [-0.25, -0.2) is 9.69 Å². The Morgan fingerprint density at radius 1 is 0.969 bits per heavy atom. The SMILES string of the molecule is COC(=O)c1c2c(c(N(C)c3ccccc3)c3c1C(=O)N(c1ccccc1)C3=O)CCO2. The van der Waals surface area contributed by atoms with Gasteiger partial charge in [0.15, 0.2) is 0 Å². The monoisotopic (exact) mass is 428 g/mol. The van der Waals surface area contributed by atoms with Crippen molar-refractivity contribution in [2.24, 2.45) is 0 Å². The standard InChI is InChI=1S/C25H20N2O5/c1-26(15-9-5-3-6-10-15)21-17-13-14-32-22(17)20(25(30)31-2)18-19(21)24(29)27(23(18)28)16-11-7-4-8-12-16/h3-12H,13-14H2,1-2H3. The quantitative estimate of drug-likeness (QED) is 0.462. The van der Waals surface area contributed by atoms with Crippen molar-refractivity contribution in [3.63, 3.8) is 0 Å². The van der Waals surface area contributed by atoms with E-state index in [1.165, 1.54) is 7.11 Å². The molecule has 0 saturated heterocycles. The number of benzene rings is 3. The van der Waals surface area contributed by atoms with Gasteiger partial charge in [-0.15, -0.1) is 0 Å². The molecule has 5 rings (SSSR count). The van der Waals surface area contributed by atoms with Gasteiger partial charge in [0.1, 0.15) is 11.3 Å². The van der Waals surface area contributed by atoms with Gasteiger partial charge in [0.05, 0.1) is 36.2 Å². The molecule has 160 valence electrons. The maximum absolute atomic E-state index is 13.7. The average Bonchev–Trinajstić information content (AvgIpc) is 3.41. The molecule has 32 heavy (non-hydrogen) atoms. The number of hydrogen-bond donors (Lipinski definition) is 0. The molecule has 2 aliphatic rings. The first kappa shape index (κ1) is 19.8. The number of nitrogens with zero attached hydrogens (tertiary/aromatic N) is 2. The van der Waals surface area contributed by atoms with Gasteiger partial charge >= 0.3 is 5.97 Å². The van der Waals surface area contributed by atoms with Crippen LogP contribution in [0.4, 0.5) is 17.1 Å². The molecular formula is C25H20N2O5. The Kier molecular flexibility index (Phi) is 4.66. The number of anilines is 3. The van der Waals surface area contributed by atoms with E-state index in [1.807, 2.05) is 42.3 Å². The van der Waals surface area contributed by atoms with Gasteiger partial charge in [-0.3, -0.25) is 9.59 Å². The number of carbonyl (C=O) groups is 3. The number of esters is 1. The summed E-state index contributed by atoms with van der Waals surface area (Å²) in [6.07, 6.45) is 0.506. The summed E-state index contributed by atoms with van der Waals surface area (Å²) in [6.45, 7) is 0.350. The van der Waals surface area contributed by atoms with E-state index in [0.717, 1.165) is 10.6 Å². The highest BCUT2D eigenvalue weighted by atomic mass is 16.5. The minimum Gasteiger partial charge on any atom is -0.492 e. The molecule has 0 N–H and O–H groups in total. The first-order chi connectivity index (χ1) is 15.5. The Morgan fingerprint density at radius 2 is 1.59 bits per heavy atom. The largest absolute Gasteiger partial charge is 0.492 e. The van der Waals surface area contributed by atoms with Gasteiger partial charge in [0.25, 0.3) is 11.8 Å². The highest BCUT2D eigenvalue weighted by molar-refractivity contribution is 6.38. The fourth-order valence-corrected chi connectivity index (χ4v) is 4.41. The predicted octanol–water partition coefficient (Wildman–Crippen LogP) is 3.98. The minimum atomic E-state index is -0.704. The molecule has 7 nitrogen and oxygen atoms in total. The lowest BCUT2D eigenvalue weighted by Crippen LogP contribution is -2.30. The van der Waals surface area contributed by atoms with E-state index in [9.17, 15) is 14.4 Å². The summed E-state index contributed by atoms with van der Waals surface area (Å²) in [7, 11) is 3.08. The Morgan fingerprint density at radius 3 is 2.25 bits per heavy atom. The minimum absolute atomic E-state index is 0.0111. The summed E-state index contributed by atoms with van der Waals surface area (Å²) in [6, 6.07) is 18.2. The van der Waals surface area contributed by atoms with Gasteiger partial charge in [0.2, 0.25) is 0 Å². The molecule has 0 aromatic heterocycles. The lowest BCUT2D eigenvalue weighted by molar-refractivity contribution is 0.0593. The molecule has 2 heterocycles. The van der Waals surface area contributed by atoms with Crippen LogP contribution >= 0.6 is 0 Å². The molecule has 2 amide bonds. The lowest BCUT2D eigenvalue weighted by atomic mass is 9.93. The molecular weight excluding hydrogens is 408 g/mol. The van der Waals surface area contributed by atoms with E-state index >= 15 is 0 Å². The van der Waals surface area contributed by atoms with Crippen molar-refractivity contribution in [1.29, 1.82) is 0 Å². The van der Waals surface area contributed by atoms with Crippen LogP contribution in [0.1, 0.15) is 36.6 Å². The van der Waals surface area contributed by atoms with E-state index in [2.05, 4.69) is 0 Å². The number of fused-ring (bicyclic) bond motifs is 2. The first-order valence-electron chi connectivity index (χ1n) is 10.2. The van der Waals surface area contributed by atoms with Gasteiger partial charge in [-0.2, -0.15) is 0 Å². The zero-order valence-corrected chi connectivity index (χ0v) is 17.6. The second-order valence-electron chi connectivity index (χ2n) is 7.55. The third kappa shape index (κ3) is 2.78. The fraction of sp³-hybridized carbons (Fsp3) is 0.160. The zero-order chi connectivity index (χ0) is 22.4. The molecule has 0 unspecified atom stereocenters. The first-order valence-corrected chi connectivity index (χ1v) is 10.2. The van der Waals surface area contributed by atoms with Crippen molar-refractivity contribution < 1.29 is 23.9 Å². The summed E-state index contributed by atoms with van der Waals surface area (Å²) in [5, 5.41) is 0. The number of para-hydroxylation sites is 2. The third-order valence-corrected chi connectivity index (χ3v) is 5.84. The normalized spacial score (nSPS) is 14.1. The summed E-state index contributed by atoms with van der Waals surface area (Å²) in [5.74, 6) is -1.44. The Hall–Kier alpha value is -4.13. The number of ether oxygens (including phenoxy) is 2. The Bertz CT molecular complexity index is 1250. The molecule has 0 radical (unpaired) electrons. The second kappa shape index (κ2) is 7.53. The maximum atomic E-state index is 13.7. The number of amides is 2. The van der Waals surface area contributed by atoms with E-state index in [4.69, 9.17) is 9.47 Å². The van der Waals surface area contributed by atoms with Crippen molar-refractivity contribution in [2.75, 3.05) is 30.6 Å². The van der Waals surface area contributed by atoms with Gasteiger partial charge in [0, 0.05) is 24.7 Å². The van der Waals surface area contributed by atoms with Crippen molar-refractivity contribution in [2.45, 2.75) is 6.42 Å². The molecule has 0 saturated carbocycles. The molecule has 0 fully saturated rings. The highest BCUT2D eigenvalue weighted by Crippen LogP contribution is 2.48. The number of rotatable bonds is 4. The van der Waals surface area contributed by atoms with Gasteiger partial charge < -0.3 is 14.4 Å². The van der Waals surface area contributed by atoms with Crippen LogP contribution < -0.4 is 14.5 Å². The van der Waals surface area contributed by atoms with Gasteiger partial charge in [-0.1, -0.05) is 36.4 Å². The van der Waals surface area contributed by atoms with E-state index in [-0.39, 0.29) is 16.7 Å². The van der Waals surface area contributed by atoms with Crippen molar-refractivity contribution >= 4 is 34.8 Å². The smallest absolute Gasteiger partial charge is 0.342 e. The molecule has 3 aromatic carbocycles. The van der Waals surface area contributed by atoms with Crippen LogP contribution in [0.3, 0.4) is 0 Å². The molecule has 3 aromatic rings. The van der Waals surface area contributed by atoms with Crippen LogP contribution in [0.15, 0.2) is 60.7 Å². The molecule has 0 spiro atoms. The molecule has 7 heteroatoms. The summed E-state index contributed by atoms with van der Waals surface area (Å²) in [5.41, 5.74) is 2.78. The second-order valence-corrected chi connectivity index (χ2v) is 7.55. The molecule has 0 bridgehead atoms. The van der Waals surface area contributed by atoms with Crippen molar-refractivity contribution in [3.05, 3.63) is 82.9 Å². The Balaban J connectivity index is 1.82. The van der Waals surface area contributed by atoms with E-state index in [1.54, 1.807) is 30.3 Å². The highest BCUT2D eigenvalue weighted by Gasteiger charge is 2.46. The van der Waals surface area contributed by atoms with Crippen molar-refractivity contribution in [3.8, 4) is 5.75 Å². The summed E-state index contributed by atoms with van der Waals surface area (Å²) in [4.78, 5) is 43.1. The van der Waals surface area contributed by atoms with Crippen LogP contribution in [0.25, 0.3) is 0 Å². The van der Waals surface area contributed by atoms with Crippen LogP contribution in [-0.2, 0) is 11.2 Å². The number of hydrogen-bond acceptors (Lipinski definition) is 6. The van der Waals surface area contributed by atoms with Crippen LogP contribution in [0.5, 0.6) is 5.75 Å². The summed E-state index contributed by atoms with van der Waals surface area (Å²) >= 11 is 0. The molecule has 0 atom stereocenters. The molecule has 2 aliphatic heterocycles. The summed E-state index contributed by atoms with van der Waals surface area (Å²) < 4.78 is 10.8.